The van der Waals surface area contributed by atoms with E-state index in [1.165, 1.54) is 0 Å². The molecule has 1 amide bonds. The molecule has 1 aromatic heterocycles. The molecule has 25 heavy (non-hydrogen) atoms. The van der Waals surface area contributed by atoms with Crippen LogP contribution >= 0.6 is 0 Å². The van der Waals surface area contributed by atoms with Crippen LogP contribution in [0.15, 0.2) is 59.5 Å². The van der Waals surface area contributed by atoms with Crippen molar-refractivity contribution < 1.29 is 9.00 Å². The van der Waals surface area contributed by atoms with E-state index < -0.39 is 10.8 Å². The fourth-order valence-electron chi connectivity index (χ4n) is 2.66. The molecule has 0 saturated heterocycles. The number of amides is 1. The van der Waals surface area contributed by atoms with E-state index in [2.05, 4.69) is 10.4 Å². The standard InChI is InChI=1S/C19H19N3O2S/c1-13-12-14(2)22(21-13)16-10-8-15(9-11-16)19(23)20-17-6-4-5-7-18(17)25(3)24/h4-12H,1-3H3,(H,20,23). The number of nitrogens with zero attached hydrogens (tertiary/aromatic N) is 2. The van der Waals surface area contributed by atoms with Crippen molar-refractivity contribution in [3.8, 4) is 5.69 Å². The molecule has 0 spiro atoms. The van der Waals surface area contributed by atoms with Crippen molar-refractivity contribution in [3.63, 3.8) is 0 Å². The van der Waals surface area contributed by atoms with Gasteiger partial charge < -0.3 is 5.32 Å². The number of benzene rings is 2. The molecule has 0 bridgehead atoms. The summed E-state index contributed by atoms with van der Waals surface area (Å²) in [6.45, 7) is 3.93. The number of nitrogens with one attached hydrogen (secondary N) is 1. The molecule has 3 rings (SSSR count). The molecule has 0 saturated carbocycles. The van der Waals surface area contributed by atoms with E-state index >= 15 is 0 Å². The zero-order valence-corrected chi connectivity index (χ0v) is 15.1. The molecule has 128 valence electrons. The minimum atomic E-state index is -1.17. The summed E-state index contributed by atoms with van der Waals surface area (Å²) in [4.78, 5) is 13.1. The van der Waals surface area contributed by atoms with Crippen LogP contribution in [-0.4, -0.2) is 26.2 Å². The first-order valence-electron chi connectivity index (χ1n) is 7.83. The van der Waals surface area contributed by atoms with Crippen LogP contribution in [0.4, 0.5) is 5.69 Å². The zero-order chi connectivity index (χ0) is 18.0. The molecular weight excluding hydrogens is 334 g/mol. The molecule has 1 heterocycles. The van der Waals surface area contributed by atoms with Crippen molar-refractivity contribution in [2.45, 2.75) is 18.7 Å². The molecule has 0 aliphatic rings. The fourth-order valence-corrected chi connectivity index (χ4v) is 3.36. The van der Waals surface area contributed by atoms with Crippen molar-refractivity contribution in [2.75, 3.05) is 11.6 Å². The van der Waals surface area contributed by atoms with Gasteiger partial charge in [0.05, 0.1) is 32.8 Å². The van der Waals surface area contributed by atoms with Crippen molar-refractivity contribution in [2.24, 2.45) is 0 Å². The number of aromatic nitrogens is 2. The Morgan fingerprint density at radius 1 is 1.08 bits per heavy atom. The second-order valence-corrected chi connectivity index (χ2v) is 7.14. The molecular formula is C19H19N3O2S. The van der Waals surface area contributed by atoms with Gasteiger partial charge in [0.25, 0.3) is 5.91 Å². The second-order valence-electron chi connectivity index (χ2n) is 5.79. The number of carbonyl (C=O) groups is 1. The normalized spacial score (nSPS) is 12.0. The monoisotopic (exact) mass is 353 g/mol. The van der Waals surface area contributed by atoms with Gasteiger partial charge in [0, 0.05) is 17.5 Å². The molecule has 2 aromatic carbocycles. The van der Waals surface area contributed by atoms with E-state index in [1.807, 2.05) is 36.7 Å². The molecule has 0 radical (unpaired) electrons. The van der Waals surface area contributed by atoms with Crippen molar-refractivity contribution in [3.05, 3.63) is 71.5 Å². The Morgan fingerprint density at radius 3 is 2.36 bits per heavy atom. The predicted molar refractivity (Wildman–Crippen MR) is 99.8 cm³/mol. The fraction of sp³-hybridized carbons (Fsp3) is 0.158. The van der Waals surface area contributed by atoms with Gasteiger partial charge >= 0.3 is 0 Å². The maximum absolute atomic E-state index is 12.5. The van der Waals surface area contributed by atoms with Crippen LogP contribution in [0.3, 0.4) is 0 Å². The Labute approximate surface area is 149 Å². The van der Waals surface area contributed by atoms with Gasteiger partial charge in [-0.05, 0) is 56.3 Å². The summed E-state index contributed by atoms with van der Waals surface area (Å²) in [5.41, 5.74) is 3.98. The highest BCUT2D eigenvalue weighted by molar-refractivity contribution is 7.84. The number of para-hydroxylation sites is 1. The Hall–Kier alpha value is -2.73. The Kier molecular flexibility index (Phi) is 4.81. The highest BCUT2D eigenvalue weighted by Gasteiger charge is 2.11. The van der Waals surface area contributed by atoms with Gasteiger partial charge in [-0.25, -0.2) is 4.68 Å². The van der Waals surface area contributed by atoms with Gasteiger partial charge in [-0.3, -0.25) is 9.00 Å². The summed E-state index contributed by atoms with van der Waals surface area (Å²) in [5.74, 6) is -0.238. The molecule has 0 aliphatic heterocycles. The lowest BCUT2D eigenvalue weighted by atomic mass is 10.2. The van der Waals surface area contributed by atoms with Gasteiger partial charge in [-0.15, -0.1) is 0 Å². The van der Waals surface area contributed by atoms with Gasteiger partial charge in [0.2, 0.25) is 0 Å². The van der Waals surface area contributed by atoms with Crippen LogP contribution in [0.1, 0.15) is 21.7 Å². The van der Waals surface area contributed by atoms with E-state index in [1.54, 1.807) is 42.7 Å². The minimum absolute atomic E-state index is 0.238. The maximum Gasteiger partial charge on any atom is 0.255 e. The topological polar surface area (TPSA) is 64.0 Å². The van der Waals surface area contributed by atoms with Crippen molar-refractivity contribution in [1.82, 2.24) is 9.78 Å². The molecule has 1 unspecified atom stereocenters. The average Bonchev–Trinajstić information content (AvgIpc) is 2.93. The van der Waals surface area contributed by atoms with Crippen LogP contribution < -0.4 is 5.32 Å². The molecule has 6 heteroatoms. The van der Waals surface area contributed by atoms with E-state index in [0.29, 0.717) is 16.1 Å². The van der Waals surface area contributed by atoms with Gasteiger partial charge in [0.15, 0.2) is 0 Å². The summed E-state index contributed by atoms with van der Waals surface area (Å²) in [7, 11) is -1.17. The lowest BCUT2D eigenvalue weighted by molar-refractivity contribution is 0.102. The average molecular weight is 353 g/mol. The number of hydrogen-bond acceptors (Lipinski definition) is 3. The lowest BCUT2D eigenvalue weighted by Gasteiger charge is -2.10. The van der Waals surface area contributed by atoms with Gasteiger partial charge in [0.1, 0.15) is 0 Å². The van der Waals surface area contributed by atoms with Crippen LogP contribution in [0.25, 0.3) is 5.69 Å². The molecule has 3 aromatic rings. The smallest absolute Gasteiger partial charge is 0.255 e. The summed E-state index contributed by atoms with van der Waals surface area (Å²) < 4.78 is 13.6. The number of rotatable bonds is 4. The first kappa shape index (κ1) is 17.1. The highest BCUT2D eigenvalue weighted by Crippen LogP contribution is 2.20. The summed E-state index contributed by atoms with van der Waals surface area (Å²) >= 11 is 0. The quantitative estimate of drug-likeness (QED) is 0.781. The molecule has 1 N–H and O–H groups in total. The van der Waals surface area contributed by atoms with Gasteiger partial charge in [-0.2, -0.15) is 5.10 Å². The Balaban J connectivity index is 1.82. The maximum atomic E-state index is 12.5. The number of anilines is 1. The summed E-state index contributed by atoms with van der Waals surface area (Å²) in [5, 5.41) is 7.26. The lowest BCUT2D eigenvalue weighted by Crippen LogP contribution is -2.13. The molecule has 1 atom stereocenters. The van der Waals surface area contributed by atoms with Crippen LogP contribution in [0.2, 0.25) is 0 Å². The minimum Gasteiger partial charge on any atom is -0.321 e. The molecule has 0 fully saturated rings. The Morgan fingerprint density at radius 2 is 1.76 bits per heavy atom. The van der Waals surface area contributed by atoms with Gasteiger partial charge in [-0.1, -0.05) is 12.1 Å². The predicted octanol–water partition coefficient (Wildman–Crippen LogP) is 3.48. The first-order chi connectivity index (χ1) is 12.0. The largest absolute Gasteiger partial charge is 0.321 e. The van der Waals surface area contributed by atoms with Crippen LogP contribution in [0.5, 0.6) is 0 Å². The molecule has 5 nitrogen and oxygen atoms in total. The zero-order valence-electron chi connectivity index (χ0n) is 14.3. The Bertz CT molecular complexity index is 946. The third-order valence-corrected chi connectivity index (χ3v) is 4.80. The van der Waals surface area contributed by atoms with E-state index in [4.69, 9.17) is 0 Å². The van der Waals surface area contributed by atoms with E-state index in [9.17, 15) is 9.00 Å². The third-order valence-electron chi connectivity index (χ3n) is 3.83. The first-order valence-corrected chi connectivity index (χ1v) is 9.39. The highest BCUT2D eigenvalue weighted by atomic mass is 32.2. The van der Waals surface area contributed by atoms with Crippen LogP contribution in [0, 0.1) is 13.8 Å². The SMILES string of the molecule is Cc1cc(C)n(-c2ccc(C(=O)Nc3ccccc3S(C)=O)cc2)n1. The number of aryl methyl sites for hydroxylation is 2. The van der Waals surface area contributed by atoms with Crippen molar-refractivity contribution >= 4 is 22.4 Å². The van der Waals surface area contributed by atoms with Crippen LogP contribution in [-0.2, 0) is 10.8 Å². The number of hydrogen-bond donors (Lipinski definition) is 1. The van der Waals surface area contributed by atoms with E-state index in [0.717, 1.165) is 17.1 Å². The second kappa shape index (κ2) is 7.03. The summed E-state index contributed by atoms with van der Waals surface area (Å²) in [6, 6.07) is 16.3. The molecule has 0 aliphatic carbocycles. The van der Waals surface area contributed by atoms with Crippen molar-refractivity contribution in [1.29, 1.82) is 0 Å². The van der Waals surface area contributed by atoms with E-state index in [-0.39, 0.29) is 5.91 Å². The summed E-state index contributed by atoms with van der Waals surface area (Å²) in [6.07, 6.45) is 1.59. The third kappa shape index (κ3) is 3.69. The number of carbonyl (C=O) groups excluding carboxylic acids is 1.